The van der Waals surface area contributed by atoms with Crippen LogP contribution in [0.5, 0.6) is 0 Å². The van der Waals surface area contributed by atoms with Gasteiger partial charge in [-0.25, -0.2) is 0 Å². The molecule has 212 valence electrons. The SMILES string of the molecule is [2H]c1c([2H])c([2H])c(-c2ccc(-c3cccc(-n4c5ccccc5c5c6c7ccccc7n(-c7c([2H])c([2H])c([2H])c(C)c7[2H])c6ccc54)c3)cc2)c([2H])c1[2H]. The number of hydrogen-bond donors (Lipinski definition) is 0. The Morgan fingerprint density at radius 3 is 1.71 bits per heavy atom. The third kappa shape index (κ3) is 4.03. The van der Waals surface area contributed by atoms with Crippen LogP contribution in [-0.4, -0.2) is 9.13 Å². The number of fused-ring (bicyclic) bond motifs is 7. The van der Waals surface area contributed by atoms with Crippen molar-refractivity contribution >= 4 is 43.6 Å². The Bertz CT molecular complexity index is 2990. The third-order valence-electron chi connectivity index (χ3n) is 8.54. The van der Waals surface area contributed by atoms with Crippen LogP contribution in [0.15, 0.2) is 164 Å². The summed E-state index contributed by atoms with van der Waals surface area (Å²) in [5, 5.41) is 3.97. The van der Waals surface area contributed by atoms with Crippen LogP contribution in [0.1, 0.15) is 17.9 Å². The Labute approximate surface area is 274 Å². The molecule has 7 aromatic carbocycles. The summed E-state index contributed by atoms with van der Waals surface area (Å²) in [6, 6.07) is 33.8. The number of nitrogens with zero attached hydrogens (tertiary/aromatic N) is 2. The highest BCUT2D eigenvalue weighted by atomic mass is 15.0. The predicted molar refractivity (Wildman–Crippen MR) is 191 cm³/mol. The van der Waals surface area contributed by atoms with E-state index in [2.05, 4.69) is 41.0 Å². The largest absolute Gasteiger partial charge is 0.309 e. The molecule has 0 unspecified atom stereocenters. The van der Waals surface area contributed by atoms with E-state index in [4.69, 9.17) is 12.3 Å². The Hall–Kier alpha value is -5.86. The molecule has 0 saturated heterocycles. The molecule has 0 spiro atoms. The molecule has 2 nitrogen and oxygen atoms in total. The molecule has 0 fully saturated rings. The maximum absolute atomic E-state index is 9.01. The minimum atomic E-state index is -0.417. The summed E-state index contributed by atoms with van der Waals surface area (Å²) in [6.07, 6.45) is 0. The number of hydrogen-bond acceptors (Lipinski definition) is 0. The molecule has 9 rings (SSSR count). The molecule has 0 radical (unpaired) electrons. The highest BCUT2D eigenvalue weighted by Gasteiger charge is 2.20. The van der Waals surface area contributed by atoms with Crippen molar-refractivity contribution < 1.29 is 12.3 Å². The average molecular weight is 584 g/mol. The molecule has 0 aliphatic heterocycles. The Morgan fingerprint density at radius 2 is 1.04 bits per heavy atom. The van der Waals surface area contributed by atoms with E-state index >= 15 is 0 Å². The van der Waals surface area contributed by atoms with Gasteiger partial charge in [0, 0.05) is 32.9 Å². The van der Waals surface area contributed by atoms with Gasteiger partial charge in [0.25, 0.3) is 0 Å². The van der Waals surface area contributed by atoms with Gasteiger partial charge in [0.05, 0.1) is 34.4 Å². The molecule has 2 aromatic heterocycles. The van der Waals surface area contributed by atoms with Crippen molar-refractivity contribution in [2.24, 2.45) is 0 Å². The van der Waals surface area contributed by atoms with Crippen LogP contribution < -0.4 is 0 Å². The molecule has 0 atom stereocenters. The van der Waals surface area contributed by atoms with Crippen molar-refractivity contribution in [2.45, 2.75) is 6.92 Å². The van der Waals surface area contributed by atoms with Crippen LogP contribution in [0.4, 0.5) is 0 Å². The van der Waals surface area contributed by atoms with Crippen molar-refractivity contribution in [1.82, 2.24) is 9.13 Å². The third-order valence-corrected chi connectivity index (χ3v) is 8.54. The summed E-state index contributed by atoms with van der Waals surface area (Å²) < 4.78 is 79.9. The highest BCUT2D eigenvalue weighted by molar-refractivity contribution is 6.28. The lowest BCUT2D eigenvalue weighted by Gasteiger charge is -2.11. The first-order valence-electron chi connectivity index (χ1n) is 19.3. The smallest absolute Gasteiger partial charge is 0.0648 e. The number of para-hydroxylation sites is 2. The van der Waals surface area contributed by atoms with E-state index in [9.17, 15) is 0 Å². The fourth-order valence-electron chi connectivity index (χ4n) is 6.62. The van der Waals surface area contributed by atoms with E-state index in [1.807, 2.05) is 65.2 Å². The zero-order chi connectivity index (χ0) is 37.7. The predicted octanol–water partition coefficient (Wildman–Crippen LogP) is 11.5. The van der Waals surface area contributed by atoms with Crippen LogP contribution in [0.2, 0.25) is 0 Å². The molecular weight excluding hydrogens is 544 g/mol. The zero-order valence-electron chi connectivity index (χ0n) is 33.3. The second-order valence-electron chi connectivity index (χ2n) is 11.2. The highest BCUT2D eigenvalue weighted by Crippen LogP contribution is 2.42. The molecule has 0 saturated carbocycles. The molecule has 2 heteroatoms. The number of rotatable bonds is 4. The van der Waals surface area contributed by atoms with Gasteiger partial charge < -0.3 is 9.13 Å². The lowest BCUT2D eigenvalue weighted by Crippen LogP contribution is -1.95. The van der Waals surface area contributed by atoms with Gasteiger partial charge in [0.1, 0.15) is 0 Å². The number of aromatic nitrogens is 2. The van der Waals surface area contributed by atoms with E-state index < -0.39 is 6.04 Å². The maximum atomic E-state index is 9.01. The van der Waals surface area contributed by atoms with Crippen molar-refractivity contribution in [1.29, 1.82) is 0 Å². The topological polar surface area (TPSA) is 9.86 Å². The molecule has 0 amide bonds. The van der Waals surface area contributed by atoms with Gasteiger partial charge in [-0.3, -0.25) is 0 Å². The van der Waals surface area contributed by atoms with Gasteiger partial charge in [0.15, 0.2) is 0 Å². The van der Waals surface area contributed by atoms with Crippen LogP contribution in [0.3, 0.4) is 0 Å². The quantitative estimate of drug-likeness (QED) is 0.195. The molecule has 0 N–H and O–H groups in total. The standard InChI is InChI=1S/C43H30N2/c1-29-11-9-15-34(27-29)44-38-19-7-5-17-36(38)42-40(44)25-26-41-43(42)37-18-6-8-20-39(37)45(41)35-16-10-14-33(28-35)32-23-21-31(22-24-32)30-12-3-2-4-13-30/h2-28H,1H3/i2D,3D,4D,9D,11D,12D,13D,15D,27D. The zero-order valence-corrected chi connectivity index (χ0v) is 24.3. The van der Waals surface area contributed by atoms with E-state index in [1.165, 1.54) is 0 Å². The lowest BCUT2D eigenvalue weighted by atomic mass is 10.00. The average Bonchev–Trinajstić information content (AvgIpc) is 3.71. The monoisotopic (exact) mass is 583 g/mol. The fourth-order valence-corrected chi connectivity index (χ4v) is 6.62. The summed E-state index contributed by atoms with van der Waals surface area (Å²) in [5.41, 5.74) is 7.70. The molecule has 45 heavy (non-hydrogen) atoms. The minimum absolute atomic E-state index is 0.0596. The van der Waals surface area contributed by atoms with Gasteiger partial charge in [-0.1, -0.05) is 115 Å². The molecule has 2 heterocycles. The van der Waals surface area contributed by atoms with Crippen molar-refractivity contribution in [2.75, 3.05) is 0 Å². The van der Waals surface area contributed by atoms with E-state index in [0.29, 0.717) is 11.1 Å². The van der Waals surface area contributed by atoms with Gasteiger partial charge in [-0.05, 0) is 83.2 Å². The molecule has 0 aliphatic carbocycles. The Balaban J connectivity index is 1.25. The fraction of sp³-hybridized carbons (Fsp3) is 0.0233. The van der Waals surface area contributed by atoms with Crippen molar-refractivity contribution in [3.05, 3.63) is 169 Å². The first-order valence-corrected chi connectivity index (χ1v) is 14.8. The van der Waals surface area contributed by atoms with E-state index in [-0.39, 0.29) is 59.6 Å². The van der Waals surface area contributed by atoms with Gasteiger partial charge in [0.2, 0.25) is 0 Å². The molecule has 9 aromatic rings. The van der Waals surface area contributed by atoms with E-state index in [0.717, 1.165) is 60.4 Å². The van der Waals surface area contributed by atoms with Crippen molar-refractivity contribution in [3.63, 3.8) is 0 Å². The summed E-state index contributed by atoms with van der Waals surface area (Å²) in [5.74, 6) is 0. The van der Waals surface area contributed by atoms with Crippen molar-refractivity contribution in [3.8, 4) is 33.6 Å². The first-order chi connectivity index (χ1) is 26.0. The Kier molecular flexibility index (Phi) is 4.06. The van der Waals surface area contributed by atoms with Crippen LogP contribution in [-0.2, 0) is 0 Å². The molecular formula is C43H30N2. The molecule has 0 aliphatic rings. The van der Waals surface area contributed by atoms with Crippen LogP contribution in [0.25, 0.3) is 77.2 Å². The van der Waals surface area contributed by atoms with Gasteiger partial charge >= 0.3 is 0 Å². The Morgan fingerprint density at radius 1 is 0.444 bits per heavy atom. The van der Waals surface area contributed by atoms with Gasteiger partial charge in [-0.15, -0.1) is 0 Å². The van der Waals surface area contributed by atoms with Crippen LogP contribution >= 0.6 is 0 Å². The second-order valence-corrected chi connectivity index (χ2v) is 11.2. The second kappa shape index (κ2) is 10.1. The number of benzene rings is 7. The minimum Gasteiger partial charge on any atom is -0.309 e. The van der Waals surface area contributed by atoms with Crippen LogP contribution in [0, 0.1) is 6.92 Å². The maximum Gasteiger partial charge on any atom is 0.0648 e. The first kappa shape index (κ1) is 18.1. The molecule has 0 bridgehead atoms. The van der Waals surface area contributed by atoms with Gasteiger partial charge in [-0.2, -0.15) is 0 Å². The summed E-state index contributed by atoms with van der Waals surface area (Å²) in [7, 11) is 0. The lowest BCUT2D eigenvalue weighted by molar-refractivity contribution is 1.17. The summed E-state index contributed by atoms with van der Waals surface area (Å²) >= 11 is 0. The summed E-state index contributed by atoms with van der Waals surface area (Å²) in [6.45, 7) is 1.66. The normalized spacial score (nSPS) is 14.5. The summed E-state index contributed by atoms with van der Waals surface area (Å²) in [4.78, 5) is 0. The van der Waals surface area contributed by atoms with E-state index in [1.54, 1.807) is 19.1 Å².